The van der Waals surface area contributed by atoms with Crippen LogP contribution in [-0.2, 0) is 17.6 Å². The second-order valence-corrected chi connectivity index (χ2v) is 7.39. The lowest BCUT2D eigenvalue weighted by Crippen LogP contribution is -2.39. The molecule has 1 aliphatic heterocycles. The van der Waals surface area contributed by atoms with Crippen LogP contribution in [0.2, 0.25) is 0 Å². The van der Waals surface area contributed by atoms with E-state index >= 15 is 0 Å². The second-order valence-electron chi connectivity index (χ2n) is 7.39. The number of fused-ring (bicyclic) bond motifs is 1. The summed E-state index contributed by atoms with van der Waals surface area (Å²) in [5.74, 6) is -0.303. The third-order valence-electron chi connectivity index (χ3n) is 5.83. The molecule has 0 bridgehead atoms. The van der Waals surface area contributed by atoms with Crippen LogP contribution in [0.3, 0.4) is 0 Å². The summed E-state index contributed by atoms with van der Waals surface area (Å²) in [6.07, 6.45) is 2.88. The SMILES string of the molecule is Cc1cccc(N2CCC3(CCc4c(cccc4C(=O)NO)C3)C2=O)c1. The lowest BCUT2D eigenvalue weighted by atomic mass is 9.69. The number of carbonyl (C=O) groups is 2. The van der Waals surface area contributed by atoms with Crippen molar-refractivity contribution in [3.05, 3.63) is 64.7 Å². The van der Waals surface area contributed by atoms with Crippen LogP contribution in [0, 0.1) is 12.3 Å². The van der Waals surface area contributed by atoms with Gasteiger partial charge < -0.3 is 4.90 Å². The van der Waals surface area contributed by atoms with Gasteiger partial charge in [-0.2, -0.15) is 0 Å². The first-order chi connectivity index (χ1) is 12.5. The number of hydroxylamine groups is 1. The highest BCUT2D eigenvalue weighted by Gasteiger charge is 2.48. The minimum Gasteiger partial charge on any atom is -0.312 e. The molecule has 1 fully saturated rings. The highest BCUT2D eigenvalue weighted by atomic mass is 16.5. The molecule has 5 nitrogen and oxygen atoms in total. The molecule has 0 aromatic heterocycles. The zero-order valence-corrected chi connectivity index (χ0v) is 14.8. The summed E-state index contributed by atoms with van der Waals surface area (Å²) in [4.78, 5) is 27.1. The third-order valence-corrected chi connectivity index (χ3v) is 5.83. The van der Waals surface area contributed by atoms with Gasteiger partial charge in [0.05, 0.1) is 5.41 Å². The Morgan fingerprint density at radius 3 is 2.77 bits per heavy atom. The van der Waals surface area contributed by atoms with E-state index in [9.17, 15) is 9.59 Å². The number of nitrogens with zero attached hydrogens (tertiary/aromatic N) is 1. The Morgan fingerprint density at radius 1 is 1.19 bits per heavy atom. The Labute approximate surface area is 152 Å². The number of anilines is 1. The molecule has 0 saturated carbocycles. The van der Waals surface area contributed by atoms with Crippen molar-refractivity contribution in [1.82, 2.24) is 5.48 Å². The molecule has 4 rings (SSSR count). The largest absolute Gasteiger partial charge is 0.312 e. The molecule has 134 valence electrons. The van der Waals surface area contributed by atoms with Gasteiger partial charge in [-0.15, -0.1) is 0 Å². The van der Waals surface area contributed by atoms with E-state index in [2.05, 4.69) is 6.07 Å². The van der Waals surface area contributed by atoms with Crippen LogP contribution in [-0.4, -0.2) is 23.6 Å². The average molecular weight is 350 g/mol. The van der Waals surface area contributed by atoms with E-state index in [4.69, 9.17) is 5.21 Å². The summed E-state index contributed by atoms with van der Waals surface area (Å²) in [5.41, 5.74) is 5.93. The summed E-state index contributed by atoms with van der Waals surface area (Å²) in [6, 6.07) is 13.6. The van der Waals surface area contributed by atoms with Crippen LogP contribution in [0.5, 0.6) is 0 Å². The molecule has 0 radical (unpaired) electrons. The molecule has 1 spiro atoms. The first kappa shape index (κ1) is 16.8. The molecule has 2 aliphatic rings. The van der Waals surface area contributed by atoms with E-state index in [0.717, 1.165) is 41.8 Å². The summed E-state index contributed by atoms with van der Waals surface area (Å²) in [5, 5.41) is 8.96. The first-order valence-electron chi connectivity index (χ1n) is 8.98. The van der Waals surface area contributed by atoms with Gasteiger partial charge in [0.1, 0.15) is 0 Å². The number of hydrogen-bond donors (Lipinski definition) is 2. The summed E-state index contributed by atoms with van der Waals surface area (Å²) in [7, 11) is 0. The Morgan fingerprint density at radius 2 is 2.00 bits per heavy atom. The number of benzene rings is 2. The summed E-state index contributed by atoms with van der Waals surface area (Å²) in [6.45, 7) is 2.76. The molecule has 26 heavy (non-hydrogen) atoms. The molecule has 1 atom stereocenters. The van der Waals surface area contributed by atoms with Crippen molar-refractivity contribution in [2.24, 2.45) is 5.41 Å². The van der Waals surface area contributed by atoms with E-state index < -0.39 is 5.91 Å². The van der Waals surface area contributed by atoms with Gasteiger partial charge in [0.2, 0.25) is 5.91 Å². The fraction of sp³-hybridized carbons (Fsp3) is 0.333. The zero-order valence-electron chi connectivity index (χ0n) is 14.8. The number of hydrogen-bond acceptors (Lipinski definition) is 3. The highest BCUT2D eigenvalue weighted by Crippen LogP contribution is 2.45. The first-order valence-corrected chi connectivity index (χ1v) is 8.98. The lowest BCUT2D eigenvalue weighted by molar-refractivity contribution is -0.126. The van der Waals surface area contributed by atoms with E-state index in [0.29, 0.717) is 18.4 Å². The fourth-order valence-corrected chi connectivity index (χ4v) is 4.44. The molecule has 1 aliphatic carbocycles. The van der Waals surface area contributed by atoms with Crippen LogP contribution in [0.15, 0.2) is 42.5 Å². The van der Waals surface area contributed by atoms with Crippen LogP contribution in [0.1, 0.15) is 39.9 Å². The molecular weight excluding hydrogens is 328 g/mol. The predicted octanol–water partition coefficient (Wildman–Crippen LogP) is 3.03. The Kier molecular flexibility index (Phi) is 4.04. The standard InChI is InChI=1S/C21H22N2O3/c1-14-4-2-6-16(12-14)23-11-10-21(20(23)25)9-8-17-15(13-21)5-3-7-18(17)19(24)22-26/h2-7,12,26H,8-11,13H2,1H3,(H,22,24). The lowest BCUT2D eigenvalue weighted by Gasteiger charge is -2.34. The van der Waals surface area contributed by atoms with Gasteiger partial charge in [-0.3, -0.25) is 14.8 Å². The van der Waals surface area contributed by atoms with Crippen molar-refractivity contribution in [1.29, 1.82) is 0 Å². The van der Waals surface area contributed by atoms with Gasteiger partial charge in [-0.05, 0) is 67.5 Å². The van der Waals surface area contributed by atoms with Crippen molar-refractivity contribution in [2.75, 3.05) is 11.4 Å². The number of aryl methyl sites for hydroxylation is 1. The van der Waals surface area contributed by atoms with Gasteiger partial charge in [0.15, 0.2) is 0 Å². The smallest absolute Gasteiger partial charge is 0.274 e. The quantitative estimate of drug-likeness (QED) is 0.646. The molecule has 2 aromatic carbocycles. The molecule has 1 unspecified atom stereocenters. The van der Waals surface area contributed by atoms with Crippen LogP contribution in [0.4, 0.5) is 5.69 Å². The summed E-state index contributed by atoms with van der Waals surface area (Å²) < 4.78 is 0. The fourth-order valence-electron chi connectivity index (χ4n) is 4.44. The third kappa shape index (κ3) is 2.59. The van der Waals surface area contributed by atoms with Gasteiger partial charge in [-0.1, -0.05) is 24.3 Å². The zero-order chi connectivity index (χ0) is 18.3. The van der Waals surface area contributed by atoms with Crippen LogP contribution >= 0.6 is 0 Å². The number of rotatable bonds is 2. The normalized spacial score (nSPS) is 21.8. The van der Waals surface area contributed by atoms with Gasteiger partial charge >= 0.3 is 0 Å². The van der Waals surface area contributed by atoms with E-state index in [1.54, 1.807) is 11.5 Å². The maximum atomic E-state index is 13.3. The Bertz CT molecular complexity index is 893. The van der Waals surface area contributed by atoms with Crippen molar-refractivity contribution in [3.8, 4) is 0 Å². The van der Waals surface area contributed by atoms with Gasteiger partial charge in [0.25, 0.3) is 5.91 Å². The number of amides is 2. The summed E-state index contributed by atoms with van der Waals surface area (Å²) >= 11 is 0. The molecule has 1 heterocycles. The molecule has 1 saturated heterocycles. The van der Waals surface area contributed by atoms with Crippen LogP contribution in [0.25, 0.3) is 0 Å². The van der Waals surface area contributed by atoms with Crippen LogP contribution < -0.4 is 10.4 Å². The topological polar surface area (TPSA) is 69.6 Å². The average Bonchev–Trinajstić information content (AvgIpc) is 2.96. The monoisotopic (exact) mass is 350 g/mol. The van der Waals surface area contributed by atoms with Crippen molar-refractivity contribution >= 4 is 17.5 Å². The number of nitrogens with one attached hydrogen (secondary N) is 1. The molecule has 2 amide bonds. The maximum absolute atomic E-state index is 13.3. The van der Waals surface area contributed by atoms with Crippen molar-refractivity contribution in [3.63, 3.8) is 0 Å². The molecular formula is C21H22N2O3. The minimum absolute atomic E-state index is 0.186. The Hall–Kier alpha value is -2.66. The van der Waals surface area contributed by atoms with Gasteiger partial charge in [0, 0.05) is 17.8 Å². The molecule has 2 aromatic rings. The number of carbonyl (C=O) groups excluding carboxylic acids is 2. The van der Waals surface area contributed by atoms with Crippen molar-refractivity contribution < 1.29 is 14.8 Å². The predicted molar refractivity (Wildman–Crippen MR) is 98.3 cm³/mol. The van der Waals surface area contributed by atoms with E-state index in [1.165, 1.54) is 0 Å². The maximum Gasteiger partial charge on any atom is 0.274 e. The molecule has 2 N–H and O–H groups in total. The Balaban J connectivity index is 1.64. The van der Waals surface area contributed by atoms with Gasteiger partial charge in [-0.25, -0.2) is 5.48 Å². The molecule has 5 heteroatoms. The minimum atomic E-state index is -0.489. The van der Waals surface area contributed by atoms with Crippen molar-refractivity contribution in [2.45, 2.75) is 32.6 Å². The highest BCUT2D eigenvalue weighted by molar-refractivity contribution is 6.01. The van der Waals surface area contributed by atoms with E-state index in [1.807, 2.05) is 42.2 Å². The second kappa shape index (κ2) is 6.25. The van der Waals surface area contributed by atoms with E-state index in [-0.39, 0.29) is 11.3 Å².